The topological polar surface area (TPSA) is 44.7 Å². The number of hydrogen-bond acceptors (Lipinski definition) is 4. The van der Waals surface area contributed by atoms with E-state index in [-0.39, 0.29) is 6.10 Å². The van der Waals surface area contributed by atoms with Gasteiger partial charge < -0.3 is 20.1 Å². The quantitative estimate of drug-likeness (QED) is 0.539. The lowest BCUT2D eigenvalue weighted by Gasteiger charge is -2.22. The van der Waals surface area contributed by atoms with Crippen LogP contribution in [0.2, 0.25) is 0 Å². The molecule has 1 aliphatic heterocycles. The smallest absolute Gasteiger partial charge is 0.0897 e. The highest BCUT2D eigenvalue weighted by Crippen LogP contribution is 2.07. The molecule has 0 amide bonds. The van der Waals surface area contributed by atoms with Crippen molar-refractivity contribution in [3.63, 3.8) is 0 Å². The summed E-state index contributed by atoms with van der Waals surface area (Å²) in [5, 5.41) is 13.3. The van der Waals surface area contributed by atoms with Crippen molar-refractivity contribution >= 4 is 0 Å². The van der Waals surface area contributed by atoms with Crippen LogP contribution in [0.4, 0.5) is 0 Å². The third-order valence-electron chi connectivity index (χ3n) is 3.89. The molecule has 0 saturated carbocycles. The van der Waals surface area contributed by atoms with E-state index in [1.165, 1.54) is 45.2 Å². The molecule has 0 aliphatic carbocycles. The van der Waals surface area contributed by atoms with Crippen molar-refractivity contribution in [3.8, 4) is 0 Å². The fraction of sp³-hybridized carbons (Fsp3) is 1.00. The van der Waals surface area contributed by atoms with Crippen molar-refractivity contribution < 1.29 is 9.84 Å². The predicted molar refractivity (Wildman–Crippen MR) is 84.1 cm³/mol. The van der Waals surface area contributed by atoms with Gasteiger partial charge in [0.2, 0.25) is 0 Å². The summed E-state index contributed by atoms with van der Waals surface area (Å²) in [6.45, 7) is 9.81. The normalized spacial score (nSPS) is 19.4. The summed E-state index contributed by atoms with van der Waals surface area (Å²) in [6.07, 6.45) is 7.16. The Balaban J connectivity index is 1.91. The minimum absolute atomic E-state index is 0.387. The molecule has 2 atom stereocenters. The molecule has 120 valence electrons. The van der Waals surface area contributed by atoms with E-state index in [1.54, 1.807) is 0 Å². The van der Waals surface area contributed by atoms with Gasteiger partial charge >= 0.3 is 0 Å². The van der Waals surface area contributed by atoms with Gasteiger partial charge in [0.1, 0.15) is 0 Å². The molecular weight excluding hydrogens is 252 g/mol. The monoisotopic (exact) mass is 286 g/mol. The molecule has 2 unspecified atom stereocenters. The molecule has 0 spiro atoms. The second-order valence-electron chi connectivity index (χ2n) is 6.11. The number of aliphatic hydroxyl groups excluding tert-OH is 1. The number of unbranched alkanes of at least 4 members (excludes halogenated alkanes) is 3. The van der Waals surface area contributed by atoms with Crippen LogP contribution in [-0.4, -0.2) is 61.5 Å². The maximum atomic E-state index is 9.86. The first-order valence-corrected chi connectivity index (χ1v) is 8.44. The van der Waals surface area contributed by atoms with Crippen LogP contribution in [0.5, 0.6) is 0 Å². The van der Waals surface area contributed by atoms with E-state index >= 15 is 0 Å². The Labute approximate surface area is 124 Å². The van der Waals surface area contributed by atoms with Crippen molar-refractivity contribution in [3.05, 3.63) is 0 Å². The van der Waals surface area contributed by atoms with Gasteiger partial charge in [0, 0.05) is 25.7 Å². The molecule has 1 fully saturated rings. The Kier molecular flexibility index (Phi) is 10.3. The van der Waals surface area contributed by atoms with Crippen molar-refractivity contribution in [2.24, 2.45) is 0 Å². The summed E-state index contributed by atoms with van der Waals surface area (Å²) in [5.74, 6) is 0. The number of ether oxygens (including phenoxy) is 1. The second-order valence-corrected chi connectivity index (χ2v) is 6.11. The lowest BCUT2D eigenvalue weighted by Crippen LogP contribution is -2.42. The third kappa shape index (κ3) is 8.90. The van der Waals surface area contributed by atoms with E-state index in [2.05, 4.69) is 24.1 Å². The van der Waals surface area contributed by atoms with Gasteiger partial charge in [-0.1, -0.05) is 26.2 Å². The average Bonchev–Trinajstić information content (AvgIpc) is 2.93. The first kappa shape index (κ1) is 17.9. The molecule has 1 rings (SSSR count). The summed E-state index contributed by atoms with van der Waals surface area (Å²) in [4.78, 5) is 2.49. The van der Waals surface area contributed by atoms with Crippen LogP contribution in [0.1, 0.15) is 52.4 Å². The van der Waals surface area contributed by atoms with Gasteiger partial charge in [-0.3, -0.25) is 0 Å². The van der Waals surface area contributed by atoms with Gasteiger partial charge in [0.25, 0.3) is 0 Å². The molecule has 0 aromatic heterocycles. The van der Waals surface area contributed by atoms with Gasteiger partial charge in [-0.2, -0.15) is 0 Å². The highest BCUT2D eigenvalue weighted by atomic mass is 16.5. The van der Waals surface area contributed by atoms with Crippen LogP contribution >= 0.6 is 0 Å². The fourth-order valence-electron chi connectivity index (χ4n) is 2.66. The van der Waals surface area contributed by atoms with Gasteiger partial charge in [-0.25, -0.2) is 0 Å². The molecule has 4 nitrogen and oxygen atoms in total. The molecule has 1 heterocycles. The number of nitrogens with one attached hydrogen (secondary N) is 1. The standard InChI is InChI=1S/C16H34N2O2/c1-3-4-5-8-11-20-14-16(19)12-17-15(2)13-18-9-6-7-10-18/h15-17,19H,3-14H2,1-2H3. The second kappa shape index (κ2) is 11.5. The number of nitrogens with zero attached hydrogens (tertiary/aromatic N) is 1. The molecule has 0 aromatic rings. The summed E-state index contributed by atoms with van der Waals surface area (Å²) < 4.78 is 5.51. The minimum atomic E-state index is -0.387. The Morgan fingerprint density at radius 2 is 1.95 bits per heavy atom. The molecule has 1 aliphatic rings. The molecule has 1 saturated heterocycles. The zero-order chi connectivity index (χ0) is 14.6. The first-order chi connectivity index (χ1) is 9.72. The van der Waals surface area contributed by atoms with E-state index < -0.39 is 0 Å². The first-order valence-electron chi connectivity index (χ1n) is 8.44. The summed E-state index contributed by atoms with van der Waals surface area (Å²) >= 11 is 0. The SMILES string of the molecule is CCCCCCOCC(O)CNC(C)CN1CCCC1. The summed E-state index contributed by atoms with van der Waals surface area (Å²) in [7, 11) is 0. The van der Waals surface area contributed by atoms with Crippen molar-refractivity contribution in [2.45, 2.75) is 64.5 Å². The fourth-order valence-corrected chi connectivity index (χ4v) is 2.66. The minimum Gasteiger partial charge on any atom is -0.389 e. The van der Waals surface area contributed by atoms with Crippen LogP contribution in [0, 0.1) is 0 Å². The number of likely N-dealkylation sites (tertiary alicyclic amines) is 1. The summed E-state index contributed by atoms with van der Waals surface area (Å²) in [6, 6.07) is 0.437. The van der Waals surface area contributed by atoms with Gasteiger partial charge in [-0.05, 0) is 39.3 Å². The number of rotatable bonds is 12. The molecule has 2 N–H and O–H groups in total. The van der Waals surface area contributed by atoms with Gasteiger partial charge in [0.15, 0.2) is 0 Å². The maximum absolute atomic E-state index is 9.86. The molecular formula is C16H34N2O2. The van der Waals surface area contributed by atoms with E-state index in [4.69, 9.17) is 4.74 Å². The average molecular weight is 286 g/mol. The van der Waals surface area contributed by atoms with Crippen molar-refractivity contribution in [1.29, 1.82) is 0 Å². The molecule has 0 bridgehead atoms. The van der Waals surface area contributed by atoms with Crippen LogP contribution in [0.25, 0.3) is 0 Å². The largest absolute Gasteiger partial charge is 0.389 e. The molecule has 0 aromatic carbocycles. The zero-order valence-electron chi connectivity index (χ0n) is 13.4. The van der Waals surface area contributed by atoms with Crippen LogP contribution in [0.3, 0.4) is 0 Å². The van der Waals surface area contributed by atoms with Crippen molar-refractivity contribution in [1.82, 2.24) is 10.2 Å². The Bertz CT molecular complexity index is 221. The highest BCUT2D eigenvalue weighted by molar-refractivity contribution is 4.73. The maximum Gasteiger partial charge on any atom is 0.0897 e. The van der Waals surface area contributed by atoms with Crippen LogP contribution in [0.15, 0.2) is 0 Å². The lowest BCUT2D eigenvalue weighted by atomic mass is 10.2. The summed E-state index contributed by atoms with van der Waals surface area (Å²) in [5.41, 5.74) is 0. The van der Waals surface area contributed by atoms with E-state index in [9.17, 15) is 5.11 Å². The number of hydrogen-bond donors (Lipinski definition) is 2. The van der Waals surface area contributed by atoms with E-state index in [1.807, 2.05) is 0 Å². The van der Waals surface area contributed by atoms with Crippen LogP contribution < -0.4 is 5.32 Å². The van der Waals surface area contributed by atoms with Gasteiger partial charge in [0.05, 0.1) is 12.7 Å². The Morgan fingerprint density at radius 1 is 1.20 bits per heavy atom. The molecule has 4 heteroatoms. The van der Waals surface area contributed by atoms with Gasteiger partial charge in [-0.15, -0.1) is 0 Å². The highest BCUT2D eigenvalue weighted by Gasteiger charge is 2.15. The molecule has 0 radical (unpaired) electrons. The Morgan fingerprint density at radius 3 is 2.65 bits per heavy atom. The zero-order valence-corrected chi connectivity index (χ0v) is 13.4. The van der Waals surface area contributed by atoms with E-state index in [0.29, 0.717) is 19.2 Å². The predicted octanol–water partition coefficient (Wildman–Crippen LogP) is 2.02. The van der Waals surface area contributed by atoms with Crippen molar-refractivity contribution in [2.75, 3.05) is 39.4 Å². The van der Waals surface area contributed by atoms with Crippen LogP contribution in [-0.2, 0) is 4.74 Å². The number of aliphatic hydroxyl groups is 1. The van der Waals surface area contributed by atoms with E-state index in [0.717, 1.165) is 19.6 Å². The lowest BCUT2D eigenvalue weighted by molar-refractivity contribution is 0.0339. The third-order valence-corrected chi connectivity index (χ3v) is 3.89. The Hall–Kier alpha value is -0.160. The molecule has 20 heavy (non-hydrogen) atoms.